The number of rotatable bonds is 5. The van der Waals surface area contributed by atoms with E-state index >= 15 is 0 Å². The van der Waals surface area contributed by atoms with Crippen LogP contribution < -0.4 is 5.73 Å². The molecule has 2 nitrogen and oxygen atoms in total. The van der Waals surface area contributed by atoms with Gasteiger partial charge in [-0.3, -0.25) is 4.79 Å². The standard InChI is InChI=1S/C18H25NO/c19-13-18(9-4-10-18)12-16(20)11-15-7-3-6-14-5-1-2-8-17(14)15/h1-2,5,8,15H,3-4,6-7,9-13,19H2. The molecule has 0 aliphatic heterocycles. The van der Waals surface area contributed by atoms with Crippen molar-refractivity contribution in [2.45, 2.75) is 57.3 Å². The number of carbonyl (C=O) groups is 1. The third kappa shape index (κ3) is 2.67. The fraction of sp³-hybridized carbons (Fsp3) is 0.611. The fourth-order valence-electron chi connectivity index (χ4n) is 3.96. The smallest absolute Gasteiger partial charge is 0.134 e. The Labute approximate surface area is 121 Å². The first-order valence-electron chi connectivity index (χ1n) is 8.02. The van der Waals surface area contributed by atoms with Gasteiger partial charge >= 0.3 is 0 Å². The minimum Gasteiger partial charge on any atom is -0.330 e. The summed E-state index contributed by atoms with van der Waals surface area (Å²) in [7, 11) is 0. The summed E-state index contributed by atoms with van der Waals surface area (Å²) in [6, 6.07) is 8.66. The summed E-state index contributed by atoms with van der Waals surface area (Å²) in [5.41, 5.74) is 8.90. The Balaban J connectivity index is 1.65. The first-order chi connectivity index (χ1) is 9.72. The van der Waals surface area contributed by atoms with Gasteiger partial charge in [0.25, 0.3) is 0 Å². The molecular formula is C18H25NO. The number of benzene rings is 1. The van der Waals surface area contributed by atoms with Gasteiger partial charge in [-0.15, -0.1) is 0 Å². The quantitative estimate of drug-likeness (QED) is 0.889. The lowest BCUT2D eigenvalue weighted by molar-refractivity contribution is -0.123. The zero-order chi connectivity index (χ0) is 14.0. The van der Waals surface area contributed by atoms with Crippen LogP contribution in [0.3, 0.4) is 0 Å². The van der Waals surface area contributed by atoms with Crippen LogP contribution in [0.15, 0.2) is 24.3 Å². The van der Waals surface area contributed by atoms with Crippen molar-refractivity contribution < 1.29 is 4.79 Å². The lowest BCUT2D eigenvalue weighted by Crippen LogP contribution is -2.39. The summed E-state index contributed by atoms with van der Waals surface area (Å²) in [5.74, 6) is 0.874. The van der Waals surface area contributed by atoms with Crippen LogP contribution in [0.25, 0.3) is 0 Å². The van der Waals surface area contributed by atoms with Gasteiger partial charge in [0, 0.05) is 12.8 Å². The molecule has 1 fully saturated rings. The number of nitrogens with two attached hydrogens (primary N) is 1. The molecule has 1 aromatic rings. The Morgan fingerprint density at radius 3 is 2.75 bits per heavy atom. The number of fused-ring (bicyclic) bond motifs is 1. The van der Waals surface area contributed by atoms with Gasteiger partial charge in [-0.05, 0) is 61.1 Å². The monoisotopic (exact) mass is 271 g/mol. The van der Waals surface area contributed by atoms with Gasteiger partial charge in [0.15, 0.2) is 0 Å². The number of carbonyl (C=O) groups excluding carboxylic acids is 1. The molecule has 2 N–H and O–H groups in total. The average Bonchev–Trinajstić information content (AvgIpc) is 2.43. The second-order valence-electron chi connectivity index (χ2n) is 6.77. The van der Waals surface area contributed by atoms with E-state index in [2.05, 4.69) is 24.3 Å². The van der Waals surface area contributed by atoms with Crippen molar-refractivity contribution in [2.24, 2.45) is 11.1 Å². The molecule has 2 heteroatoms. The van der Waals surface area contributed by atoms with Crippen LogP contribution >= 0.6 is 0 Å². The molecule has 0 radical (unpaired) electrons. The number of hydrogen-bond acceptors (Lipinski definition) is 2. The summed E-state index contributed by atoms with van der Waals surface area (Å²) in [4.78, 5) is 12.4. The molecule has 1 saturated carbocycles. The van der Waals surface area contributed by atoms with Crippen LogP contribution in [-0.4, -0.2) is 12.3 Å². The molecular weight excluding hydrogens is 246 g/mol. The SMILES string of the molecule is NCC1(CC(=O)CC2CCCc3ccccc32)CCC1. The maximum Gasteiger partial charge on any atom is 0.134 e. The summed E-state index contributed by atoms with van der Waals surface area (Å²) < 4.78 is 0. The van der Waals surface area contributed by atoms with Crippen molar-refractivity contribution in [1.29, 1.82) is 0 Å². The van der Waals surface area contributed by atoms with E-state index in [9.17, 15) is 4.79 Å². The van der Waals surface area contributed by atoms with Gasteiger partial charge in [-0.1, -0.05) is 30.7 Å². The molecule has 2 aliphatic carbocycles. The minimum absolute atomic E-state index is 0.158. The molecule has 1 atom stereocenters. The van der Waals surface area contributed by atoms with Crippen molar-refractivity contribution in [3.05, 3.63) is 35.4 Å². The zero-order valence-electron chi connectivity index (χ0n) is 12.2. The van der Waals surface area contributed by atoms with Crippen LogP contribution in [0.5, 0.6) is 0 Å². The molecule has 0 heterocycles. The molecule has 2 aliphatic rings. The fourth-order valence-corrected chi connectivity index (χ4v) is 3.96. The first kappa shape index (κ1) is 13.8. The summed E-state index contributed by atoms with van der Waals surface area (Å²) in [6.45, 7) is 0.681. The van der Waals surface area contributed by atoms with Crippen molar-refractivity contribution in [3.8, 4) is 0 Å². The predicted molar refractivity (Wildman–Crippen MR) is 81.7 cm³/mol. The van der Waals surface area contributed by atoms with Gasteiger partial charge in [-0.25, -0.2) is 0 Å². The van der Waals surface area contributed by atoms with Crippen LogP contribution in [0.2, 0.25) is 0 Å². The normalized spacial score (nSPS) is 23.8. The Hall–Kier alpha value is -1.15. The van der Waals surface area contributed by atoms with Gasteiger partial charge in [-0.2, -0.15) is 0 Å². The summed E-state index contributed by atoms with van der Waals surface area (Å²) in [5, 5.41) is 0. The number of ketones is 1. The Morgan fingerprint density at radius 1 is 1.25 bits per heavy atom. The molecule has 0 spiro atoms. The molecule has 3 rings (SSSR count). The second kappa shape index (κ2) is 5.69. The van der Waals surface area contributed by atoms with E-state index in [1.165, 1.54) is 36.8 Å². The Kier molecular flexibility index (Phi) is 3.93. The maximum atomic E-state index is 12.4. The Bertz CT molecular complexity index is 484. The molecule has 1 aromatic carbocycles. The van der Waals surface area contributed by atoms with Crippen molar-refractivity contribution >= 4 is 5.78 Å². The summed E-state index contributed by atoms with van der Waals surface area (Å²) in [6.07, 6.45) is 8.54. The van der Waals surface area contributed by atoms with Gasteiger partial charge in [0.1, 0.15) is 5.78 Å². The second-order valence-corrected chi connectivity index (χ2v) is 6.77. The number of Topliss-reactive ketones (excluding diaryl/α,β-unsaturated/α-hetero) is 1. The molecule has 0 bridgehead atoms. The molecule has 0 aromatic heterocycles. The van der Waals surface area contributed by atoms with Gasteiger partial charge < -0.3 is 5.73 Å². The van der Waals surface area contributed by atoms with E-state index in [0.717, 1.165) is 19.3 Å². The lowest BCUT2D eigenvalue weighted by atomic mass is 9.65. The van der Waals surface area contributed by atoms with E-state index in [4.69, 9.17) is 5.73 Å². The summed E-state index contributed by atoms with van der Waals surface area (Å²) >= 11 is 0. The first-order valence-corrected chi connectivity index (χ1v) is 8.02. The molecule has 0 saturated heterocycles. The zero-order valence-corrected chi connectivity index (χ0v) is 12.2. The third-order valence-electron chi connectivity index (χ3n) is 5.39. The highest BCUT2D eigenvalue weighted by Crippen LogP contribution is 2.44. The van der Waals surface area contributed by atoms with Crippen LogP contribution in [0.1, 0.15) is 62.0 Å². The lowest BCUT2D eigenvalue weighted by Gasteiger charge is -2.40. The highest BCUT2D eigenvalue weighted by molar-refractivity contribution is 5.80. The Morgan fingerprint density at radius 2 is 2.05 bits per heavy atom. The predicted octanol–water partition coefficient (Wildman–Crippen LogP) is 3.58. The van der Waals surface area contributed by atoms with E-state index in [0.29, 0.717) is 24.7 Å². The van der Waals surface area contributed by atoms with Crippen LogP contribution in [0.4, 0.5) is 0 Å². The van der Waals surface area contributed by atoms with Crippen LogP contribution in [0, 0.1) is 5.41 Å². The topological polar surface area (TPSA) is 43.1 Å². The van der Waals surface area contributed by atoms with E-state index in [1.807, 2.05) is 0 Å². The highest BCUT2D eigenvalue weighted by Gasteiger charge is 2.37. The number of aryl methyl sites for hydroxylation is 1. The van der Waals surface area contributed by atoms with Crippen molar-refractivity contribution in [3.63, 3.8) is 0 Å². The van der Waals surface area contributed by atoms with Crippen molar-refractivity contribution in [1.82, 2.24) is 0 Å². The van der Waals surface area contributed by atoms with Crippen LogP contribution in [-0.2, 0) is 11.2 Å². The highest BCUT2D eigenvalue weighted by atomic mass is 16.1. The molecule has 1 unspecified atom stereocenters. The molecule has 108 valence electrons. The van der Waals surface area contributed by atoms with E-state index in [1.54, 1.807) is 0 Å². The molecule has 20 heavy (non-hydrogen) atoms. The average molecular weight is 271 g/mol. The number of hydrogen-bond donors (Lipinski definition) is 1. The third-order valence-corrected chi connectivity index (χ3v) is 5.39. The molecule has 0 amide bonds. The van der Waals surface area contributed by atoms with Crippen molar-refractivity contribution in [2.75, 3.05) is 6.54 Å². The van der Waals surface area contributed by atoms with E-state index in [-0.39, 0.29) is 5.41 Å². The van der Waals surface area contributed by atoms with Gasteiger partial charge in [0.2, 0.25) is 0 Å². The largest absolute Gasteiger partial charge is 0.330 e. The maximum absolute atomic E-state index is 12.4. The van der Waals surface area contributed by atoms with Gasteiger partial charge in [0.05, 0.1) is 0 Å². The van der Waals surface area contributed by atoms with E-state index < -0.39 is 0 Å². The minimum atomic E-state index is 0.158.